The summed E-state index contributed by atoms with van der Waals surface area (Å²) < 4.78 is 5.49. The van der Waals surface area contributed by atoms with Crippen LogP contribution in [0.1, 0.15) is 0 Å². The van der Waals surface area contributed by atoms with Crippen molar-refractivity contribution >= 4 is 95.3 Å². The van der Waals surface area contributed by atoms with Crippen molar-refractivity contribution in [2.75, 3.05) is 0 Å². The van der Waals surface area contributed by atoms with Gasteiger partial charge in [0.25, 0.3) is 0 Å². The number of hydrogen-bond donors (Lipinski definition) is 0. The second-order valence-corrected chi connectivity index (χ2v) is 15.3. The minimum atomic E-state index is 1.23. The smallest absolute Gasteiger partial charge is 0.0534 e. The summed E-state index contributed by atoms with van der Waals surface area (Å²) in [6, 6.07) is 63.0. The van der Waals surface area contributed by atoms with Crippen molar-refractivity contribution in [1.82, 2.24) is 0 Å². The number of thiophene rings is 2. The molecule has 0 radical (unpaired) electrons. The summed E-state index contributed by atoms with van der Waals surface area (Å²) in [4.78, 5) is 0. The van der Waals surface area contributed by atoms with E-state index in [2.05, 4.69) is 170 Å². The van der Waals surface area contributed by atoms with Gasteiger partial charge in [0.2, 0.25) is 0 Å². The van der Waals surface area contributed by atoms with E-state index in [0.717, 1.165) is 0 Å². The summed E-state index contributed by atoms with van der Waals surface area (Å²) >= 11 is 3.86. The molecule has 2 heterocycles. The molecule has 0 bridgehead atoms. The molecule has 2 heteroatoms. The van der Waals surface area contributed by atoms with Crippen LogP contribution >= 0.6 is 22.7 Å². The van der Waals surface area contributed by atoms with Gasteiger partial charge in [0.15, 0.2) is 0 Å². The van der Waals surface area contributed by atoms with Gasteiger partial charge in [0.1, 0.15) is 0 Å². The molecule has 2 aromatic heterocycles. The van der Waals surface area contributed by atoms with Crippen LogP contribution in [-0.2, 0) is 0 Å². The first kappa shape index (κ1) is 28.1. The van der Waals surface area contributed by atoms with Crippen molar-refractivity contribution in [3.8, 4) is 33.4 Å². The molecule has 0 nitrogen and oxygen atoms in total. The third-order valence-electron chi connectivity index (χ3n) is 10.4. The van der Waals surface area contributed by atoms with Gasteiger partial charge in [-0.2, -0.15) is 0 Å². The fraction of sp³-hybridized carbons (Fsp3) is 0. The van der Waals surface area contributed by atoms with E-state index in [1.807, 2.05) is 22.7 Å². The molecule has 0 fully saturated rings. The Morgan fingerprint density at radius 3 is 1.44 bits per heavy atom. The molecule has 50 heavy (non-hydrogen) atoms. The van der Waals surface area contributed by atoms with Crippen LogP contribution in [0.25, 0.3) is 106 Å². The summed E-state index contributed by atoms with van der Waals surface area (Å²) in [7, 11) is 0. The van der Waals surface area contributed by atoms with Crippen LogP contribution in [0.4, 0.5) is 0 Å². The zero-order valence-electron chi connectivity index (χ0n) is 27.0. The molecule has 0 saturated heterocycles. The predicted molar refractivity (Wildman–Crippen MR) is 221 cm³/mol. The normalized spacial score (nSPS) is 12.0. The molecule has 9 aromatic carbocycles. The maximum absolute atomic E-state index is 2.41. The average molecular weight is 669 g/mol. The predicted octanol–water partition coefficient (Wildman–Crippen LogP) is 14.9. The molecule has 0 spiro atoms. The number of rotatable bonds is 3. The maximum atomic E-state index is 2.41. The number of hydrogen-bond acceptors (Lipinski definition) is 2. The minimum absolute atomic E-state index is 1.23. The summed E-state index contributed by atoms with van der Waals surface area (Å²) in [5.41, 5.74) is 7.56. The van der Waals surface area contributed by atoms with E-state index in [0.29, 0.717) is 0 Å². The highest BCUT2D eigenvalue weighted by atomic mass is 32.1. The maximum Gasteiger partial charge on any atom is 0.0534 e. The Bertz CT molecular complexity index is 3080. The van der Waals surface area contributed by atoms with Crippen molar-refractivity contribution < 1.29 is 0 Å². The van der Waals surface area contributed by atoms with Crippen molar-refractivity contribution in [3.05, 3.63) is 170 Å². The van der Waals surface area contributed by atoms with Crippen LogP contribution < -0.4 is 0 Å². The molecule has 232 valence electrons. The molecule has 0 saturated carbocycles. The first-order valence-corrected chi connectivity index (χ1v) is 18.7. The highest BCUT2D eigenvalue weighted by molar-refractivity contribution is 7.33. The van der Waals surface area contributed by atoms with Gasteiger partial charge < -0.3 is 0 Å². The van der Waals surface area contributed by atoms with Gasteiger partial charge in [-0.3, -0.25) is 0 Å². The lowest BCUT2D eigenvalue weighted by atomic mass is 9.85. The Morgan fingerprint density at radius 2 is 0.760 bits per heavy atom. The van der Waals surface area contributed by atoms with E-state index in [1.165, 1.54) is 106 Å². The topological polar surface area (TPSA) is 0 Å². The molecule has 0 aliphatic rings. The molecular weight excluding hydrogens is 641 g/mol. The second-order valence-electron chi connectivity index (χ2n) is 13.2. The summed E-state index contributed by atoms with van der Waals surface area (Å²) in [5, 5.41) is 13.1. The molecular formula is C48H28S2. The average Bonchev–Trinajstić information content (AvgIpc) is 3.74. The van der Waals surface area contributed by atoms with Crippen molar-refractivity contribution in [2.24, 2.45) is 0 Å². The van der Waals surface area contributed by atoms with Gasteiger partial charge in [-0.05, 0) is 96.0 Å². The highest BCUT2D eigenvalue weighted by Crippen LogP contribution is 2.47. The van der Waals surface area contributed by atoms with Gasteiger partial charge in [-0.25, -0.2) is 0 Å². The van der Waals surface area contributed by atoms with Crippen molar-refractivity contribution in [3.63, 3.8) is 0 Å². The zero-order chi connectivity index (χ0) is 32.8. The SMILES string of the molecule is c1ccc(-c2c3ccccc3c(-c3cccc(-c4ccc5sc6c(ccc7c8cc9ccccc9cc8sc76)c5c4)c3)c3ccccc23)cc1. The molecule has 0 aliphatic carbocycles. The van der Waals surface area contributed by atoms with E-state index in [4.69, 9.17) is 0 Å². The first-order chi connectivity index (χ1) is 24.8. The van der Waals surface area contributed by atoms with Gasteiger partial charge in [0, 0.05) is 30.9 Å². The van der Waals surface area contributed by atoms with Gasteiger partial charge in [-0.1, -0.05) is 140 Å². The first-order valence-electron chi connectivity index (χ1n) is 17.1. The van der Waals surface area contributed by atoms with Gasteiger partial charge in [0.05, 0.1) is 9.40 Å². The van der Waals surface area contributed by atoms with Gasteiger partial charge >= 0.3 is 0 Å². The molecule has 0 amide bonds. The van der Waals surface area contributed by atoms with Crippen LogP contribution in [0, 0.1) is 0 Å². The van der Waals surface area contributed by atoms with E-state index < -0.39 is 0 Å². The Balaban J connectivity index is 1.09. The number of benzene rings is 9. The Morgan fingerprint density at radius 1 is 0.260 bits per heavy atom. The molecule has 11 rings (SSSR count). The van der Waals surface area contributed by atoms with Crippen molar-refractivity contribution in [2.45, 2.75) is 0 Å². The van der Waals surface area contributed by atoms with Crippen LogP contribution in [0.15, 0.2) is 170 Å². The van der Waals surface area contributed by atoms with E-state index >= 15 is 0 Å². The fourth-order valence-electron chi connectivity index (χ4n) is 8.14. The lowest BCUT2D eigenvalue weighted by Crippen LogP contribution is -1.91. The van der Waals surface area contributed by atoms with Crippen LogP contribution in [0.3, 0.4) is 0 Å². The van der Waals surface area contributed by atoms with Crippen LogP contribution in [0.2, 0.25) is 0 Å². The summed E-state index contributed by atoms with van der Waals surface area (Å²) in [5.74, 6) is 0. The molecule has 0 atom stereocenters. The van der Waals surface area contributed by atoms with Gasteiger partial charge in [-0.15, -0.1) is 22.7 Å². The molecule has 0 unspecified atom stereocenters. The lowest BCUT2D eigenvalue weighted by molar-refractivity contribution is 1.63. The Kier molecular flexibility index (Phi) is 6.09. The molecule has 11 aromatic rings. The molecule has 0 N–H and O–H groups in total. The van der Waals surface area contributed by atoms with E-state index in [9.17, 15) is 0 Å². The highest BCUT2D eigenvalue weighted by Gasteiger charge is 2.18. The largest absolute Gasteiger partial charge is 0.134 e. The third kappa shape index (κ3) is 4.16. The summed E-state index contributed by atoms with van der Waals surface area (Å²) in [6.07, 6.45) is 0. The quantitative estimate of drug-likeness (QED) is 0.164. The fourth-order valence-corrected chi connectivity index (χ4v) is 10.7. The molecule has 0 aliphatic heterocycles. The van der Waals surface area contributed by atoms with E-state index in [-0.39, 0.29) is 0 Å². The number of fused-ring (bicyclic) bond motifs is 10. The third-order valence-corrected chi connectivity index (χ3v) is 12.9. The van der Waals surface area contributed by atoms with Crippen LogP contribution in [0.5, 0.6) is 0 Å². The Hall–Kier alpha value is -5.80. The Labute approximate surface area is 297 Å². The lowest BCUT2D eigenvalue weighted by Gasteiger charge is -2.18. The van der Waals surface area contributed by atoms with Crippen molar-refractivity contribution in [1.29, 1.82) is 0 Å². The monoisotopic (exact) mass is 668 g/mol. The van der Waals surface area contributed by atoms with E-state index in [1.54, 1.807) is 0 Å². The zero-order valence-corrected chi connectivity index (χ0v) is 28.6. The minimum Gasteiger partial charge on any atom is -0.134 e. The van der Waals surface area contributed by atoms with Crippen LogP contribution in [-0.4, -0.2) is 0 Å². The summed E-state index contributed by atoms with van der Waals surface area (Å²) in [6.45, 7) is 0. The standard InChI is InChI=1S/C48H28S2/c1-2-11-29(12-3-1)45-35-17-6-8-19-37(35)46(38-20-9-7-18-36(38)45)34-16-10-15-30(25-34)33-21-24-43-41(27-33)39-22-23-40-42-26-31-13-4-5-14-32(31)28-44(42)50-48(40)47(39)49-43/h1-28H. The second kappa shape index (κ2) is 10.9.